The van der Waals surface area contributed by atoms with E-state index in [2.05, 4.69) is 17.4 Å². The first-order valence-electron chi connectivity index (χ1n) is 3.39. The quantitative estimate of drug-likeness (QED) is 0.766. The van der Waals surface area contributed by atoms with Gasteiger partial charge in [0, 0.05) is 0 Å². The van der Waals surface area contributed by atoms with Gasteiger partial charge in [-0.25, -0.2) is 0 Å². The molecule has 0 unspecified atom stereocenters. The molecule has 0 bridgehead atoms. The van der Waals surface area contributed by atoms with E-state index in [9.17, 15) is 0 Å². The van der Waals surface area contributed by atoms with E-state index in [-0.39, 0.29) is 14.0 Å². The Morgan fingerprint density at radius 2 is 2.18 bits per heavy atom. The monoisotopic (exact) mass is 235 g/mol. The molecule has 1 aromatic rings. The fourth-order valence-corrected chi connectivity index (χ4v) is 2.47. The van der Waals surface area contributed by atoms with Crippen LogP contribution in [-0.2, 0) is 6.54 Å². The zero-order valence-corrected chi connectivity index (χ0v) is 8.77. The molecule has 1 N–H and O–H groups in total. The summed E-state index contributed by atoms with van der Waals surface area (Å²) in [7, 11) is 7.74. The molecule has 1 rings (SSSR count). The van der Waals surface area contributed by atoms with Gasteiger partial charge in [-0.1, -0.05) is 0 Å². The van der Waals surface area contributed by atoms with Gasteiger partial charge < -0.3 is 0 Å². The second kappa shape index (κ2) is 4.78. The minimum absolute atomic E-state index is 0.0907. The Bertz CT molecular complexity index is 227. The van der Waals surface area contributed by atoms with Crippen LogP contribution in [0.2, 0.25) is 0 Å². The van der Waals surface area contributed by atoms with E-state index in [0.717, 1.165) is 6.54 Å². The summed E-state index contributed by atoms with van der Waals surface area (Å²) in [5.41, 5.74) is 1.31. The summed E-state index contributed by atoms with van der Waals surface area (Å²) < 4.78 is 1.27. The standard InChI is InChI=1S/C8H10ClNSe/c1-10-6-7-4-2-3-5-8(7)11-9/h2-5,10H,6H2,1H3. The summed E-state index contributed by atoms with van der Waals surface area (Å²) in [6, 6.07) is 8.26. The van der Waals surface area contributed by atoms with E-state index in [4.69, 9.17) is 10.1 Å². The first kappa shape index (κ1) is 9.08. The van der Waals surface area contributed by atoms with Gasteiger partial charge in [0.25, 0.3) is 0 Å². The molecule has 0 atom stereocenters. The molecule has 0 amide bonds. The summed E-state index contributed by atoms with van der Waals surface area (Å²) in [5, 5.41) is 3.11. The number of rotatable bonds is 3. The molecular formula is C8H10ClNSe. The van der Waals surface area contributed by atoms with Crippen molar-refractivity contribution >= 4 is 28.6 Å². The Kier molecular flexibility index (Phi) is 3.95. The van der Waals surface area contributed by atoms with Crippen molar-refractivity contribution in [1.29, 1.82) is 0 Å². The van der Waals surface area contributed by atoms with Gasteiger partial charge in [-0.3, -0.25) is 0 Å². The van der Waals surface area contributed by atoms with Crippen molar-refractivity contribution in [3.63, 3.8) is 0 Å². The fourth-order valence-electron chi connectivity index (χ4n) is 0.916. The Balaban J connectivity index is 2.83. The SMILES string of the molecule is CNCc1ccccc1[Se]Cl. The van der Waals surface area contributed by atoms with E-state index in [0.29, 0.717) is 0 Å². The molecule has 60 valence electrons. The molecule has 1 nitrogen and oxygen atoms in total. The van der Waals surface area contributed by atoms with Gasteiger partial charge in [-0.05, 0) is 0 Å². The average molecular weight is 235 g/mol. The molecule has 0 radical (unpaired) electrons. The van der Waals surface area contributed by atoms with Crippen molar-refractivity contribution in [2.75, 3.05) is 7.05 Å². The van der Waals surface area contributed by atoms with Crippen molar-refractivity contribution in [2.24, 2.45) is 0 Å². The van der Waals surface area contributed by atoms with Crippen LogP contribution in [0.4, 0.5) is 0 Å². The van der Waals surface area contributed by atoms with Crippen molar-refractivity contribution in [1.82, 2.24) is 5.32 Å². The summed E-state index contributed by atoms with van der Waals surface area (Å²) in [4.78, 5) is 0. The molecule has 0 aliphatic heterocycles. The number of hydrogen-bond donors (Lipinski definition) is 1. The van der Waals surface area contributed by atoms with Crippen molar-refractivity contribution in [2.45, 2.75) is 6.54 Å². The van der Waals surface area contributed by atoms with Crippen LogP contribution in [0.1, 0.15) is 5.56 Å². The Hall–Kier alpha value is -0.0105. The zero-order chi connectivity index (χ0) is 8.10. The first-order chi connectivity index (χ1) is 5.38. The van der Waals surface area contributed by atoms with Crippen molar-refractivity contribution in [3.05, 3.63) is 29.8 Å². The van der Waals surface area contributed by atoms with Gasteiger partial charge >= 0.3 is 77.3 Å². The van der Waals surface area contributed by atoms with Crippen LogP contribution in [0, 0.1) is 0 Å². The molecular weight excluding hydrogens is 225 g/mol. The molecule has 0 spiro atoms. The van der Waals surface area contributed by atoms with Gasteiger partial charge in [0.05, 0.1) is 0 Å². The van der Waals surface area contributed by atoms with Gasteiger partial charge in [0.15, 0.2) is 0 Å². The third-order valence-corrected chi connectivity index (χ3v) is 3.47. The summed E-state index contributed by atoms with van der Waals surface area (Å²) in [6.07, 6.45) is 0. The molecule has 0 aliphatic rings. The Morgan fingerprint density at radius 1 is 1.45 bits per heavy atom. The minimum atomic E-state index is 0.0907. The first-order valence-corrected chi connectivity index (χ1v) is 6.50. The van der Waals surface area contributed by atoms with Crippen LogP contribution in [0.5, 0.6) is 0 Å². The van der Waals surface area contributed by atoms with E-state index in [1.165, 1.54) is 10.0 Å². The third kappa shape index (κ3) is 2.49. The molecule has 0 fully saturated rings. The topological polar surface area (TPSA) is 12.0 Å². The average Bonchev–Trinajstić information content (AvgIpc) is 2.06. The normalized spacial score (nSPS) is 10.0. The third-order valence-electron chi connectivity index (χ3n) is 1.42. The van der Waals surface area contributed by atoms with Crippen LogP contribution in [0.3, 0.4) is 0 Å². The fraction of sp³-hybridized carbons (Fsp3) is 0.250. The van der Waals surface area contributed by atoms with E-state index < -0.39 is 0 Å². The summed E-state index contributed by atoms with van der Waals surface area (Å²) in [5.74, 6) is 0. The number of nitrogens with one attached hydrogen (secondary N) is 1. The van der Waals surface area contributed by atoms with Gasteiger partial charge in [0.2, 0.25) is 0 Å². The molecule has 0 saturated heterocycles. The maximum atomic E-state index is 5.80. The molecule has 0 aromatic heterocycles. The van der Waals surface area contributed by atoms with Crippen LogP contribution < -0.4 is 9.78 Å². The van der Waals surface area contributed by atoms with E-state index in [1.54, 1.807) is 0 Å². The van der Waals surface area contributed by atoms with Crippen molar-refractivity contribution in [3.8, 4) is 0 Å². The van der Waals surface area contributed by atoms with Crippen molar-refractivity contribution < 1.29 is 0 Å². The zero-order valence-electron chi connectivity index (χ0n) is 6.30. The molecule has 1 aromatic carbocycles. The van der Waals surface area contributed by atoms with Gasteiger partial charge in [-0.2, -0.15) is 0 Å². The predicted octanol–water partition coefficient (Wildman–Crippen LogP) is 0.889. The van der Waals surface area contributed by atoms with Gasteiger partial charge in [-0.15, -0.1) is 0 Å². The summed E-state index contributed by atoms with van der Waals surface area (Å²) >= 11 is 0.0907. The second-order valence-electron chi connectivity index (χ2n) is 2.22. The predicted molar refractivity (Wildman–Crippen MR) is 50.4 cm³/mol. The summed E-state index contributed by atoms with van der Waals surface area (Å²) in [6.45, 7) is 0.907. The number of halogens is 1. The van der Waals surface area contributed by atoms with Crippen LogP contribution in [0.25, 0.3) is 0 Å². The van der Waals surface area contributed by atoms with Crippen LogP contribution in [-0.4, -0.2) is 21.1 Å². The number of hydrogen-bond acceptors (Lipinski definition) is 1. The molecule has 11 heavy (non-hydrogen) atoms. The Morgan fingerprint density at radius 3 is 2.82 bits per heavy atom. The number of benzene rings is 1. The molecule has 0 saturated carbocycles. The molecule has 0 aliphatic carbocycles. The van der Waals surface area contributed by atoms with E-state index >= 15 is 0 Å². The molecule has 0 heterocycles. The van der Waals surface area contributed by atoms with Gasteiger partial charge in [0.1, 0.15) is 0 Å². The second-order valence-corrected chi connectivity index (χ2v) is 4.26. The van der Waals surface area contributed by atoms with E-state index in [1.807, 2.05) is 19.2 Å². The Labute approximate surface area is 77.5 Å². The maximum absolute atomic E-state index is 5.80. The van der Waals surface area contributed by atoms with Crippen LogP contribution >= 0.6 is 10.1 Å². The molecule has 3 heteroatoms. The van der Waals surface area contributed by atoms with Crippen LogP contribution in [0.15, 0.2) is 24.3 Å².